The zero-order chi connectivity index (χ0) is 19.5. The van der Waals surface area contributed by atoms with Gasteiger partial charge in [-0.3, -0.25) is 9.69 Å². The Morgan fingerprint density at radius 3 is 2.18 bits per heavy atom. The minimum atomic E-state index is 0.0865. The first kappa shape index (κ1) is 18.6. The van der Waals surface area contributed by atoms with Crippen LogP contribution in [0.2, 0.25) is 0 Å². The van der Waals surface area contributed by atoms with Gasteiger partial charge in [0.2, 0.25) is 0 Å². The molecule has 4 rings (SSSR count). The van der Waals surface area contributed by atoms with Crippen LogP contribution in [0.4, 0.5) is 5.69 Å². The molecule has 1 saturated carbocycles. The van der Waals surface area contributed by atoms with Gasteiger partial charge in [-0.2, -0.15) is 0 Å². The van der Waals surface area contributed by atoms with Crippen LogP contribution in [-0.2, 0) is 0 Å². The summed E-state index contributed by atoms with van der Waals surface area (Å²) in [6.45, 7) is 2.30. The van der Waals surface area contributed by atoms with Crippen molar-refractivity contribution in [1.29, 1.82) is 0 Å². The summed E-state index contributed by atoms with van der Waals surface area (Å²) in [5, 5.41) is 2.87. The summed E-state index contributed by atoms with van der Waals surface area (Å²) in [5.74, 6) is 2.96. The number of nitrogens with zero attached hydrogens (tertiary/aromatic N) is 2. The molecule has 28 heavy (non-hydrogen) atoms. The summed E-state index contributed by atoms with van der Waals surface area (Å²) < 4.78 is 11.3. The van der Waals surface area contributed by atoms with Crippen molar-refractivity contribution in [3.63, 3.8) is 0 Å². The van der Waals surface area contributed by atoms with E-state index in [0.717, 1.165) is 37.4 Å². The maximum absolute atomic E-state index is 12.5. The van der Waals surface area contributed by atoms with Crippen LogP contribution in [0.5, 0.6) is 11.5 Å². The molecule has 0 radical (unpaired) electrons. The zero-order valence-electron chi connectivity index (χ0n) is 15.9. The van der Waals surface area contributed by atoms with E-state index in [9.17, 15) is 9.70 Å². The molecular formula is C22H24N2O4. The molecule has 2 aromatic carbocycles. The van der Waals surface area contributed by atoms with Crippen molar-refractivity contribution in [2.24, 2.45) is 17.0 Å². The van der Waals surface area contributed by atoms with E-state index in [1.54, 1.807) is 31.4 Å². The molecule has 1 heterocycles. The molecule has 6 nitrogen and oxygen atoms in total. The second-order valence-electron chi connectivity index (χ2n) is 7.66. The highest BCUT2D eigenvalue weighted by molar-refractivity contribution is 5.97. The molecule has 1 aliphatic heterocycles. The van der Waals surface area contributed by atoms with Gasteiger partial charge in [-0.15, -0.1) is 4.91 Å². The number of carbonyl (C=O) groups excluding carboxylic acids is 1. The Kier molecular flexibility index (Phi) is 5.39. The van der Waals surface area contributed by atoms with Crippen molar-refractivity contribution in [3.8, 4) is 11.5 Å². The number of ketones is 1. The summed E-state index contributed by atoms with van der Waals surface area (Å²) >= 11 is 0. The first-order chi connectivity index (χ1) is 13.6. The first-order valence-electron chi connectivity index (χ1n) is 9.64. The number of carbonyl (C=O) groups is 1. The fraction of sp³-hybridized carbons (Fsp3) is 0.409. The first-order valence-corrected chi connectivity index (χ1v) is 9.64. The number of benzene rings is 2. The average Bonchev–Trinajstić information content (AvgIpc) is 3.26. The molecule has 1 saturated heterocycles. The molecule has 146 valence electrons. The normalized spacial score (nSPS) is 24.0. The SMILES string of the molecule is COc1ccc(OC2CC3CN(CC(=O)c4ccc(N=O)cc4)CC3C2)cc1. The summed E-state index contributed by atoms with van der Waals surface area (Å²) in [7, 11) is 1.65. The highest BCUT2D eigenvalue weighted by Gasteiger charge is 2.42. The topological polar surface area (TPSA) is 68.2 Å². The third-order valence-corrected chi connectivity index (χ3v) is 5.81. The molecule has 0 aromatic heterocycles. The van der Waals surface area contributed by atoms with Crippen molar-refractivity contribution in [3.05, 3.63) is 59.0 Å². The number of hydrogen-bond donors (Lipinski definition) is 0. The quantitative estimate of drug-likeness (QED) is 0.535. The highest BCUT2D eigenvalue weighted by Crippen LogP contribution is 2.39. The van der Waals surface area contributed by atoms with E-state index in [1.165, 1.54) is 0 Å². The van der Waals surface area contributed by atoms with Crippen LogP contribution in [0.3, 0.4) is 0 Å². The van der Waals surface area contributed by atoms with Gasteiger partial charge < -0.3 is 9.47 Å². The Balaban J connectivity index is 1.27. The lowest BCUT2D eigenvalue weighted by Gasteiger charge is -2.19. The molecule has 2 atom stereocenters. The average molecular weight is 380 g/mol. The predicted molar refractivity (Wildman–Crippen MR) is 106 cm³/mol. The zero-order valence-corrected chi connectivity index (χ0v) is 15.9. The van der Waals surface area contributed by atoms with E-state index in [1.807, 2.05) is 24.3 Å². The van der Waals surface area contributed by atoms with Crippen LogP contribution < -0.4 is 9.47 Å². The van der Waals surface area contributed by atoms with Gasteiger partial charge in [0.05, 0.1) is 19.8 Å². The fourth-order valence-electron chi connectivity index (χ4n) is 4.42. The number of ether oxygens (including phenoxy) is 2. The molecule has 2 fully saturated rings. The van der Waals surface area contributed by atoms with E-state index in [4.69, 9.17) is 9.47 Å². The summed E-state index contributed by atoms with van der Waals surface area (Å²) in [5.41, 5.74) is 0.973. The maximum Gasteiger partial charge on any atom is 0.176 e. The van der Waals surface area contributed by atoms with Crippen LogP contribution in [0.15, 0.2) is 53.7 Å². The Bertz CT molecular complexity index is 821. The number of nitroso groups, excluding NO2 is 1. The largest absolute Gasteiger partial charge is 0.497 e. The Morgan fingerprint density at radius 2 is 1.61 bits per heavy atom. The minimum Gasteiger partial charge on any atom is -0.497 e. The molecule has 2 unspecified atom stereocenters. The molecule has 2 aromatic rings. The van der Waals surface area contributed by atoms with Crippen LogP contribution in [-0.4, -0.2) is 43.5 Å². The van der Waals surface area contributed by atoms with Gasteiger partial charge in [-0.1, -0.05) is 0 Å². The van der Waals surface area contributed by atoms with Crippen molar-refractivity contribution in [1.82, 2.24) is 4.90 Å². The number of Topliss-reactive ketones (excluding diaryl/α,β-unsaturated/α-hetero) is 1. The van der Waals surface area contributed by atoms with E-state index in [0.29, 0.717) is 29.6 Å². The molecule has 0 spiro atoms. The summed E-state index contributed by atoms with van der Waals surface area (Å²) in [6, 6.07) is 14.2. The third kappa shape index (κ3) is 4.07. The standard InChI is InChI=1S/C22H24N2O4/c1-27-19-6-8-20(9-7-19)28-21-10-16-12-24(13-17(16)11-21)14-22(25)15-2-4-18(23-26)5-3-15/h2-9,16-17,21H,10-14H2,1H3. The number of fused-ring (bicyclic) bond motifs is 1. The molecule has 0 bridgehead atoms. The summed E-state index contributed by atoms with van der Waals surface area (Å²) in [6.07, 6.45) is 2.30. The van der Waals surface area contributed by atoms with E-state index >= 15 is 0 Å². The monoisotopic (exact) mass is 380 g/mol. The molecule has 1 aliphatic carbocycles. The Labute approximate surface area is 164 Å². The van der Waals surface area contributed by atoms with Gasteiger partial charge in [-0.05, 0) is 78.4 Å². The molecule has 6 heteroatoms. The van der Waals surface area contributed by atoms with Crippen LogP contribution in [0.1, 0.15) is 23.2 Å². The van der Waals surface area contributed by atoms with Gasteiger partial charge in [0.25, 0.3) is 0 Å². The van der Waals surface area contributed by atoms with Gasteiger partial charge >= 0.3 is 0 Å². The molecule has 2 aliphatic rings. The number of rotatable bonds is 7. The predicted octanol–water partition coefficient (Wildman–Crippen LogP) is 4.07. The lowest BCUT2D eigenvalue weighted by atomic mass is 10.0. The second-order valence-corrected chi connectivity index (χ2v) is 7.66. The van der Waals surface area contributed by atoms with Crippen molar-refractivity contribution in [2.45, 2.75) is 18.9 Å². The lowest BCUT2D eigenvalue weighted by molar-refractivity contribution is 0.0936. The Morgan fingerprint density at radius 1 is 1.00 bits per heavy atom. The molecular weight excluding hydrogens is 356 g/mol. The fourth-order valence-corrected chi connectivity index (χ4v) is 4.42. The number of methoxy groups -OCH3 is 1. The van der Waals surface area contributed by atoms with Crippen molar-refractivity contribution < 1.29 is 14.3 Å². The molecule has 0 amide bonds. The maximum atomic E-state index is 12.5. The van der Waals surface area contributed by atoms with Crippen LogP contribution in [0.25, 0.3) is 0 Å². The van der Waals surface area contributed by atoms with Gasteiger partial charge in [0.1, 0.15) is 17.2 Å². The minimum absolute atomic E-state index is 0.0865. The van der Waals surface area contributed by atoms with Crippen molar-refractivity contribution in [2.75, 3.05) is 26.7 Å². The smallest absolute Gasteiger partial charge is 0.176 e. The van der Waals surface area contributed by atoms with E-state index in [-0.39, 0.29) is 11.9 Å². The second kappa shape index (κ2) is 8.10. The Hall–Kier alpha value is -2.73. The lowest BCUT2D eigenvalue weighted by Crippen LogP contribution is -2.30. The van der Waals surface area contributed by atoms with Gasteiger partial charge in [-0.25, -0.2) is 0 Å². The van der Waals surface area contributed by atoms with E-state index in [2.05, 4.69) is 10.1 Å². The van der Waals surface area contributed by atoms with E-state index < -0.39 is 0 Å². The number of likely N-dealkylation sites (tertiary alicyclic amines) is 1. The van der Waals surface area contributed by atoms with Crippen LogP contribution >= 0.6 is 0 Å². The van der Waals surface area contributed by atoms with Crippen molar-refractivity contribution >= 4 is 11.5 Å². The third-order valence-electron chi connectivity index (χ3n) is 5.81. The van der Waals surface area contributed by atoms with Gasteiger partial charge in [0.15, 0.2) is 5.78 Å². The van der Waals surface area contributed by atoms with Gasteiger partial charge in [0, 0.05) is 18.7 Å². The number of hydrogen-bond acceptors (Lipinski definition) is 6. The summed E-state index contributed by atoms with van der Waals surface area (Å²) in [4.78, 5) is 25.2. The highest BCUT2D eigenvalue weighted by atomic mass is 16.5. The van der Waals surface area contributed by atoms with Crippen LogP contribution in [0, 0.1) is 16.7 Å². The molecule has 0 N–H and O–H groups in total.